The van der Waals surface area contributed by atoms with Gasteiger partial charge in [0, 0.05) is 16.2 Å². The van der Waals surface area contributed by atoms with Crippen LogP contribution < -0.4 is 10.6 Å². The van der Waals surface area contributed by atoms with E-state index in [2.05, 4.69) is 33.2 Å². The maximum absolute atomic E-state index is 12.0. The van der Waals surface area contributed by atoms with Gasteiger partial charge in [-0.1, -0.05) is 6.42 Å². The SMILES string of the molecule is O=C(NCC1CCCCN1)c1cc(I)ccc1O. The van der Waals surface area contributed by atoms with Gasteiger partial charge in [-0.15, -0.1) is 0 Å². The van der Waals surface area contributed by atoms with Gasteiger partial charge in [-0.2, -0.15) is 0 Å². The van der Waals surface area contributed by atoms with Gasteiger partial charge in [0.1, 0.15) is 5.75 Å². The molecule has 1 aliphatic rings. The molecule has 5 heteroatoms. The summed E-state index contributed by atoms with van der Waals surface area (Å²) in [6.07, 6.45) is 3.52. The Bertz CT molecular complexity index is 431. The first kappa shape index (κ1) is 13.6. The van der Waals surface area contributed by atoms with E-state index in [4.69, 9.17) is 0 Å². The van der Waals surface area contributed by atoms with Crippen LogP contribution in [0.2, 0.25) is 0 Å². The van der Waals surface area contributed by atoms with Crippen molar-refractivity contribution in [3.63, 3.8) is 0 Å². The molecule has 1 heterocycles. The Morgan fingerprint density at radius 2 is 2.33 bits per heavy atom. The van der Waals surface area contributed by atoms with E-state index in [-0.39, 0.29) is 11.7 Å². The standard InChI is InChI=1S/C13H17IN2O2/c14-9-4-5-12(17)11(7-9)13(18)16-8-10-3-1-2-6-15-10/h4-5,7,10,15,17H,1-3,6,8H2,(H,16,18). The number of amides is 1. The lowest BCUT2D eigenvalue weighted by molar-refractivity contribution is 0.0945. The lowest BCUT2D eigenvalue weighted by Crippen LogP contribution is -2.43. The van der Waals surface area contributed by atoms with Gasteiger partial charge < -0.3 is 15.7 Å². The van der Waals surface area contributed by atoms with Crippen molar-refractivity contribution >= 4 is 28.5 Å². The highest BCUT2D eigenvalue weighted by molar-refractivity contribution is 14.1. The van der Waals surface area contributed by atoms with E-state index in [9.17, 15) is 9.90 Å². The monoisotopic (exact) mass is 360 g/mol. The summed E-state index contributed by atoms with van der Waals surface area (Å²) >= 11 is 2.12. The molecular weight excluding hydrogens is 343 g/mol. The van der Waals surface area contributed by atoms with E-state index < -0.39 is 0 Å². The van der Waals surface area contributed by atoms with Crippen molar-refractivity contribution in [2.24, 2.45) is 0 Å². The number of phenols is 1. The van der Waals surface area contributed by atoms with Gasteiger partial charge in [0.05, 0.1) is 5.56 Å². The highest BCUT2D eigenvalue weighted by Gasteiger charge is 2.16. The van der Waals surface area contributed by atoms with Crippen molar-refractivity contribution < 1.29 is 9.90 Å². The lowest BCUT2D eigenvalue weighted by Gasteiger charge is -2.23. The first-order valence-corrected chi connectivity index (χ1v) is 7.25. The lowest BCUT2D eigenvalue weighted by atomic mass is 10.0. The molecule has 2 rings (SSSR count). The summed E-state index contributed by atoms with van der Waals surface area (Å²) in [5.74, 6) is -0.178. The zero-order valence-corrected chi connectivity index (χ0v) is 12.2. The third kappa shape index (κ3) is 3.58. The Labute approximate surface area is 120 Å². The first-order chi connectivity index (χ1) is 8.66. The van der Waals surface area contributed by atoms with Crippen LogP contribution in [0.15, 0.2) is 18.2 Å². The van der Waals surface area contributed by atoms with Crippen LogP contribution in [0, 0.1) is 3.57 Å². The van der Waals surface area contributed by atoms with Gasteiger partial charge in [-0.05, 0) is 60.2 Å². The molecule has 1 amide bonds. The van der Waals surface area contributed by atoms with Crippen LogP contribution in [-0.2, 0) is 0 Å². The zero-order valence-electron chi connectivity index (χ0n) is 10.1. The molecule has 0 aromatic heterocycles. The quantitative estimate of drug-likeness (QED) is 0.722. The number of phenolic OH excluding ortho intramolecular Hbond substituents is 1. The molecule has 0 spiro atoms. The minimum absolute atomic E-state index is 0.0320. The molecule has 3 N–H and O–H groups in total. The normalized spacial score (nSPS) is 19.5. The fourth-order valence-corrected chi connectivity index (χ4v) is 2.59. The van der Waals surface area contributed by atoms with Crippen molar-refractivity contribution in [2.45, 2.75) is 25.3 Å². The number of carbonyl (C=O) groups is 1. The van der Waals surface area contributed by atoms with E-state index in [1.165, 1.54) is 12.8 Å². The molecule has 0 radical (unpaired) electrons. The average Bonchev–Trinajstić information content (AvgIpc) is 2.40. The predicted octanol–water partition coefficient (Wildman–Crippen LogP) is 1.87. The second-order valence-corrected chi connectivity index (χ2v) is 5.76. The van der Waals surface area contributed by atoms with E-state index in [0.29, 0.717) is 18.2 Å². The molecule has 18 heavy (non-hydrogen) atoms. The molecule has 1 aromatic rings. The van der Waals surface area contributed by atoms with E-state index in [0.717, 1.165) is 16.5 Å². The number of rotatable bonds is 3. The molecular formula is C13H17IN2O2. The number of carbonyl (C=O) groups excluding carboxylic acids is 1. The maximum atomic E-state index is 12.0. The van der Waals surface area contributed by atoms with E-state index in [1.54, 1.807) is 18.2 Å². The molecule has 1 unspecified atom stereocenters. The summed E-state index contributed by atoms with van der Waals surface area (Å²) in [7, 11) is 0. The second kappa shape index (κ2) is 6.38. The Kier molecular flexibility index (Phi) is 4.82. The third-order valence-corrected chi connectivity index (χ3v) is 3.80. The van der Waals surface area contributed by atoms with Crippen LogP contribution in [0.5, 0.6) is 5.75 Å². The highest BCUT2D eigenvalue weighted by Crippen LogP contribution is 2.19. The molecule has 0 aliphatic carbocycles. The number of piperidine rings is 1. The van der Waals surface area contributed by atoms with Crippen LogP contribution in [0.3, 0.4) is 0 Å². The number of nitrogens with one attached hydrogen (secondary N) is 2. The summed E-state index contributed by atoms with van der Waals surface area (Å²) in [4.78, 5) is 12.0. The van der Waals surface area contributed by atoms with Gasteiger partial charge in [0.25, 0.3) is 5.91 Å². The molecule has 1 fully saturated rings. The Hall–Kier alpha value is -0.820. The van der Waals surface area contributed by atoms with Crippen molar-refractivity contribution in [2.75, 3.05) is 13.1 Å². The molecule has 1 saturated heterocycles. The topological polar surface area (TPSA) is 61.4 Å². The fraction of sp³-hybridized carbons (Fsp3) is 0.462. The van der Waals surface area contributed by atoms with E-state index >= 15 is 0 Å². The molecule has 1 atom stereocenters. The van der Waals surface area contributed by atoms with Crippen molar-refractivity contribution in [1.29, 1.82) is 0 Å². The van der Waals surface area contributed by atoms with Crippen molar-refractivity contribution in [3.8, 4) is 5.75 Å². The Morgan fingerprint density at radius 3 is 3.06 bits per heavy atom. The summed E-state index contributed by atoms with van der Waals surface area (Å²) in [5.41, 5.74) is 0.345. The predicted molar refractivity (Wildman–Crippen MR) is 78.8 cm³/mol. The molecule has 1 aromatic carbocycles. The van der Waals surface area contributed by atoms with Gasteiger partial charge >= 0.3 is 0 Å². The number of benzene rings is 1. The van der Waals surface area contributed by atoms with Gasteiger partial charge in [0.2, 0.25) is 0 Å². The third-order valence-electron chi connectivity index (χ3n) is 3.12. The Morgan fingerprint density at radius 1 is 1.50 bits per heavy atom. The number of hydrogen-bond acceptors (Lipinski definition) is 3. The van der Waals surface area contributed by atoms with Crippen LogP contribution >= 0.6 is 22.6 Å². The molecule has 0 bridgehead atoms. The number of hydrogen-bond donors (Lipinski definition) is 3. The summed E-state index contributed by atoms with van der Waals surface area (Å²) in [6, 6.07) is 5.37. The van der Waals surface area contributed by atoms with Crippen molar-refractivity contribution in [1.82, 2.24) is 10.6 Å². The van der Waals surface area contributed by atoms with Crippen LogP contribution in [0.1, 0.15) is 29.6 Å². The van der Waals surface area contributed by atoms with Gasteiger partial charge in [-0.3, -0.25) is 4.79 Å². The van der Waals surface area contributed by atoms with Gasteiger partial charge in [0.15, 0.2) is 0 Å². The summed E-state index contributed by atoms with van der Waals surface area (Å²) in [6.45, 7) is 1.64. The fourth-order valence-electron chi connectivity index (χ4n) is 2.10. The highest BCUT2D eigenvalue weighted by atomic mass is 127. The zero-order chi connectivity index (χ0) is 13.0. The minimum atomic E-state index is -0.210. The first-order valence-electron chi connectivity index (χ1n) is 6.17. The number of halogens is 1. The van der Waals surface area contributed by atoms with Crippen LogP contribution in [0.25, 0.3) is 0 Å². The molecule has 4 nitrogen and oxygen atoms in total. The smallest absolute Gasteiger partial charge is 0.255 e. The molecule has 98 valence electrons. The Balaban J connectivity index is 1.92. The van der Waals surface area contributed by atoms with Crippen LogP contribution in [0.4, 0.5) is 0 Å². The second-order valence-electron chi connectivity index (χ2n) is 4.52. The maximum Gasteiger partial charge on any atom is 0.255 e. The van der Waals surface area contributed by atoms with Gasteiger partial charge in [-0.25, -0.2) is 0 Å². The average molecular weight is 360 g/mol. The molecule has 0 saturated carbocycles. The number of aromatic hydroxyl groups is 1. The largest absolute Gasteiger partial charge is 0.507 e. The molecule has 1 aliphatic heterocycles. The summed E-state index contributed by atoms with van der Waals surface area (Å²) in [5, 5.41) is 15.9. The van der Waals surface area contributed by atoms with Crippen molar-refractivity contribution in [3.05, 3.63) is 27.3 Å². The minimum Gasteiger partial charge on any atom is -0.507 e. The van der Waals surface area contributed by atoms with E-state index in [1.807, 2.05) is 0 Å². The summed E-state index contributed by atoms with van der Waals surface area (Å²) < 4.78 is 0.936. The van der Waals surface area contributed by atoms with Crippen LogP contribution in [-0.4, -0.2) is 30.1 Å².